The van der Waals surface area contributed by atoms with Crippen LogP contribution in [0.2, 0.25) is 0 Å². The second kappa shape index (κ2) is 11.1. The average molecular weight is 502 g/mol. The third-order valence-electron chi connectivity index (χ3n) is 5.43. The van der Waals surface area contributed by atoms with Crippen LogP contribution in [0.15, 0.2) is 77.4 Å². The molecule has 184 valence electrons. The Bertz CT molecular complexity index is 1330. The van der Waals surface area contributed by atoms with E-state index in [1.54, 1.807) is 37.3 Å². The molecule has 2 amide bonds. The highest BCUT2D eigenvalue weighted by molar-refractivity contribution is 8.14. The normalized spacial score (nSPS) is 14.1. The molecule has 0 aromatic heterocycles. The Labute approximate surface area is 214 Å². The van der Waals surface area contributed by atoms with E-state index < -0.39 is 0 Å². The quantitative estimate of drug-likeness (QED) is 0.436. The van der Waals surface area contributed by atoms with Gasteiger partial charge in [0.15, 0.2) is 5.17 Å². The number of amidine groups is 1. The van der Waals surface area contributed by atoms with Crippen LogP contribution in [0.3, 0.4) is 0 Å². The highest BCUT2D eigenvalue weighted by atomic mass is 32.2. The number of amides is 2. The molecule has 4 rings (SSSR count). The number of nitrogens with one attached hydrogen (secondary N) is 1. The molecule has 0 saturated heterocycles. The van der Waals surface area contributed by atoms with Crippen molar-refractivity contribution in [2.75, 3.05) is 30.2 Å². The number of benzene rings is 3. The molecule has 1 aliphatic heterocycles. The minimum absolute atomic E-state index is 0.0707. The topological polar surface area (TPSA) is 80.2 Å². The molecule has 8 heteroatoms. The summed E-state index contributed by atoms with van der Waals surface area (Å²) in [4.78, 5) is 32.4. The lowest BCUT2D eigenvalue weighted by atomic mass is 10.1. The first-order chi connectivity index (χ1) is 17.4. The van der Waals surface area contributed by atoms with Gasteiger partial charge in [-0.15, -0.1) is 0 Å². The number of ether oxygens (including phenoxy) is 2. The third-order valence-corrected chi connectivity index (χ3v) is 6.37. The number of anilines is 2. The van der Waals surface area contributed by atoms with Gasteiger partial charge in [-0.05, 0) is 73.0 Å². The molecule has 0 fully saturated rings. The number of hydrogen-bond acceptors (Lipinski definition) is 6. The molecule has 0 aliphatic carbocycles. The molecule has 3 aromatic carbocycles. The first kappa shape index (κ1) is 25.1. The number of hydrogen-bond donors (Lipinski definition) is 1. The van der Waals surface area contributed by atoms with Gasteiger partial charge < -0.3 is 14.8 Å². The Hall–Kier alpha value is -4.04. The van der Waals surface area contributed by atoms with Crippen molar-refractivity contribution in [1.29, 1.82) is 0 Å². The smallest absolute Gasteiger partial charge is 0.283 e. The molecule has 36 heavy (non-hydrogen) atoms. The van der Waals surface area contributed by atoms with Crippen LogP contribution >= 0.6 is 11.8 Å². The number of thioether (sulfide) groups is 1. The average Bonchev–Trinajstić information content (AvgIpc) is 3.17. The van der Waals surface area contributed by atoms with Crippen LogP contribution in [-0.2, 0) is 9.59 Å². The van der Waals surface area contributed by atoms with E-state index in [1.165, 1.54) is 11.8 Å². The zero-order valence-electron chi connectivity index (χ0n) is 20.6. The number of para-hydroxylation sites is 2. The number of nitrogens with zero attached hydrogens (tertiary/aromatic N) is 2. The second-order valence-corrected chi connectivity index (χ2v) is 9.16. The highest BCUT2D eigenvalue weighted by Gasteiger charge is 2.32. The van der Waals surface area contributed by atoms with Crippen molar-refractivity contribution in [2.45, 2.75) is 13.8 Å². The lowest BCUT2D eigenvalue weighted by Gasteiger charge is -2.19. The first-order valence-corrected chi connectivity index (χ1v) is 12.3. The van der Waals surface area contributed by atoms with E-state index in [-0.39, 0.29) is 17.6 Å². The van der Waals surface area contributed by atoms with Crippen molar-refractivity contribution < 1.29 is 19.1 Å². The molecular weight excluding hydrogens is 474 g/mol. The van der Waals surface area contributed by atoms with Gasteiger partial charge in [-0.2, -0.15) is 0 Å². The van der Waals surface area contributed by atoms with Crippen LogP contribution in [0.25, 0.3) is 6.08 Å². The van der Waals surface area contributed by atoms with E-state index in [4.69, 9.17) is 9.47 Å². The summed E-state index contributed by atoms with van der Waals surface area (Å²) in [7, 11) is 3.16. The molecule has 1 N–H and O–H groups in total. The molecule has 0 unspecified atom stereocenters. The fraction of sp³-hybridized carbons (Fsp3) is 0.179. The van der Waals surface area contributed by atoms with Gasteiger partial charge in [0, 0.05) is 0 Å². The summed E-state index contributed by atoms with van der Waals surface area (Å²) in [6, 6.07) is 20.5. The standard InChI is InChI=1S/C28H27N3O4S/c1-18-13-19(2)15-21(14-18)31-27(33)24(16-20-9-11-22(34-3)12-10-20)30-28(31)36-17-26(32)29-23-7-5-6-8-25(23)35-4/h5-16H,17H2,1-4H3,(H,29,32). The molecule has 0 spiro atoms. The van der Waals surface area contributed by atoms with Gasteiger partial charge in [0.1, 0.15) is 17.2 Å². The number of aliphatic imine (C=N–C) groups is 1. The predicted octanol–water partition coefficient (Wildman–Crippen LogP) is 5.44. The van der Waals surface area contributed by atoms with Gasteiger partial charge in [0.25, 0.3) is 5.91 Å². The molecule has 1 aliphatic rings. The van der Waals surface area contributed by atoms with Gasteiger partial charge >= 0.3 is 0 Å². The maximum Gasteiger partial charge on any atom is 0.283 e. The summed E-state index contributed by atoms with van der Waals surface area (Å²) >= 11 is 1.21. The highest BCUT2D eigenvalue weighted by Crippen LogP contribution is 2.31. The SMILES string of the molecule is COc1ccc(C=C2N=C(SCC(=O)Nc3ccccc3OC)N(c3cc(C)cc(C)c3)C2=O)cc1. The third kappa shape index (κ3) is 5.78. The molecule has 1 heterocycles. The van der Waals surface area contributed by atoms with Crippen LogP contribution in [0.1, 0.15) is 16.7 Å². The van der Waals surface area contributed by atoms with E-state index in [1.807, 2.05) is 68.4 Å². The molecular formula is C28H27N3O4S. The number of carbonyl (C=O) groups excluding carboxylic acids is 2. The largest absolute Gasteiger partial charge is 0.497 e. The van der Waals surface area contributed by atoms with Crippen molar-refractivity contribution in [3.05, 3.63) is 89.1 Å². The van der Waals surface area contributed by atoms with Crippen LogP contribution < -0.4 is 19.7 Å². The van der Waals surface area contributed by atoms with Crippen LogP contribution in [-0.4, -0.2) is 37.0 Å². The minimum atomic E-state index is -0.247. The van der Waals surface area contributed by atoms with Crippen LogP contribution in [0.5, 0.6) is 11.5 Å². The van der Waals surface area contributed by atoms with Crippen LogP contribution in [0, 0.1) is 13.8 Å². The predicted molar refractivity (Wildman–Crippen MR) is 146 cm³/mol. The number of rotatable bonds is 7. The van der Waals surface area contributed by atoms with Gasteiger partial charge in [-0.1, -0.05) is 42.1 Å². The molecule has 0 saturated carbocycles. The van der Waals surface area contributed by atoms with E-state index in [0.717, 1.165) is 22.4 Å². The fourth-order valence-electron chi connectivity index (χ4n) is 3.82. The van der Waals surface area contributed by atoms with Crippen molar-refractivity contribution >= 4 is 46.2 Å². The molecule has 7 nitrogen and oxygen atoms in total. The Balaban J connectivity index is 1.60. The maximum absolute atomic E-state index is 13.5. The van der Waals surface area contributed by atoms with Gasteiger partial charge in [0.2, 0.25) is 5.91 Å². The molecule has 3 aromatic rings. The Kier molecular flexibility index (Phi) is 7.75. The monoisotopic (exact) mass is 501 g/mol. The van der Waals surface area contributed by atoms with Crippen molar-refractivity contribution in [2.24, 2.45) is 4.99 Å². The zero-order chi connectivity index (χ0) is 25.7. The van der Waals surface area contributed by atoms with Crippen molar-refractivity contribution in [1.82, 2.24) is 0 Å². The fourth-order valence-corrected chi connectivity index (χ4v) is 4.64. The lowest BCUT2D eigenvalue weighted by molar-refractivity contribution is -0.114. The van der Waals surface area contributed by atoms with Crippen LogP contribution in [0.4, 0.5) is 11.4 Å². The molecule has 0 bridgehead atoms. The summed E-state index contributed by atoms with van der Waals surface area (Å²) in [5.41, 5.74) is 4.48. The summed E-state index contributed by atoms with van der Waals surface area (Å²) < 4.78 is 10.5. The Morgan fingerprint density at radius 1 is 1.00 bits per heavy atom. The number of methoxy groups -OCH3 is 2. The van der Waals surface area contributed by atoms with E-state index in [0.29, 0.717) is 28.0 Å². The van der Waals surface area contributed by atoms with Crippen molar-refractivity contribution in [3.8, 4) is 11.5 Å². The van der Waals surface area contributed by atoms with E-state index >= 15 is 0 Å². The van der Waals surface area contributed by atoms with E-state index in [2.05, 4.69) is 10.3 Å². The maximum atomic E-state index is 13.5. The lowest BCUT2D eigenvalue weighted by Crippen LogP contribution is -2.31. The Morgan fingerprint density at radius 2 is 1.69 bits per heavy atom. The first-order valence-electron chi connectivity index (χ1n) is 11.3. The summed E-state index contributed by atoms with van der Waals surface area (Å²) in [5.74, 6) is 0.899. The number of aryl methyl sites for hydroxylation is 2. The van der Waals surface area contributed by atoms with Crippen molar-refractivity contribution in [3.63, 3.8) is 0 Å². The second-order valence-electron chi connectivity index (χ2n) is 8.22. The zero-order valence-corrected chi connectivity index (χ0v) is 21.4. The van der Waals surface area contributed by atoms with Gasteiger partial charge in [-0.25, -0.2) is 4.99 Å². The van der Waals surface area contributed by atoms with E-state index in [9.17, 15) is 9.59 Å². The van der Waals surface area contributed by atoms with Gasteiger partial charge in [-0.3, -0.25) is 14.5 Å². The summed E-state index contributed by atoms with van der Waals surface area (Å²) in [6.07, 6.45) is 1.74. The van der Waals surface area contributed by atoms with Gasteiger partial charge in [0.05, 0.1) is 31.3 Å². The minimum Gasteiger partial charge on any atom is -0.497 e. The molecule has 0 atom stereocenters. The Morgan fingerprint density at radius 3 is 2.36 bits per heavy atom. The number of carbonyl (C=O) groups is 2. The summed E-state index contributed by atoms with van der Waals surface area (Å²) in [5, 5.41) is 3.31. The summed E-state index contributed by atoms with van der Waals surface area (Å²) in [6.45, 7) is 3.96. The molecule has 0 radical (unpaired) electrons.